The number of phosphoric acid groups is 1. The third-order valence-electron chi connectivity index (χ3n) is 7.74. The number of nitrogen functional groups attached to an aromatic ring is 1. The molecule has 3 aliphatic heterocycles. The lowest BCUT2D eigenvalue weighted by atomic mass is 10.1. The van der Waals surface area contributed by atoms with Gasteiger partial charge in [0.25, 0.3) is 5.56 Å². The second-order valence-electron chi connectivity index (χ2n) is 10.5. The molecule has 11 atom stereocenters. The molecule has 4 fully saturated rings. The number of nitrogens with two attached hydrogens (primary N) is 1. The summed E-state index contributed by atoms with van der Waals surface area (Å²) in [6.45, 7) is -5.04. The van der Waals surface area contributed by atoms with Crippen LogP contribution in [0.4, 0.5) is 14.6 Å². The van der Waals surface area contributed by atoms with Gasteiger partial charge in [-0.1, -0.05) is 0 Å². The van der Waals surface area contributed by atoms with Crippen molar-refractivity contribution in [2.45, 2.75) is 67.7 Å². The van der Waals surface area contributed by atoms with Crippen molar-refractivity contribution in [2.24, 2.45) is 0 Å². The molecule has 1 aliphatic carbocycles. The number of fused-ring (bicyclic) bond motifs is 3. The van der Waals surface area contributed by atoms with E-state index in [-0.39, 0.29) is 29.8 Å². The zero-order chi connectivity index (χ0) is 31.2. The van der Waals surface area contributed by atoms with Crippen molar-refractivity contribution in [3.63, 3.8) is 0 Å². The predicted octanol–water partition coefficient (Wildman–Crippen LogP) is 0.0967. The van der Waals surface area contributed by atoms with Crippen LogP contribution < -0.4 is 17.0 Å². The Hall–Kier alpha value is -2.55. The lowest BCUT2D eigenvalue weighted by molar-refractivity contribution is -0.0610. The largest absolute Gasteiger partial charge is 0.472 e. The van der Waals surface area contributed by atoms with Crippen molar-refractivity contribution in [2.75, 3.05) is 12.3 Å². The molecule has 2 bridgehead atoms. The van der Waals surface area contributed by atoms with E-state index in [1.54, 1.807) is 0 Å². The van der Waals surface area contributed by atoms with Gasteiger partial charge >= 0.3 is 20.2 Å². The minimum Gasteiger partial charge on any atom is -0.382 e. The number of phosphoric ester groups is 1. The lowest BCUT2D eigenvalue weighted by Gasteiger charge is -2.27. The number of alkyl halides is 2. The van der Waals surface area contributed by atoms with Crippen molar-refractivity contribution >= 4 is 43.3 Å². The molecule has 3 aromatic rings. The van der Waals surface area contributed by atoms with E-state index in [4.69, 9.17) is 45.1 Å². The highest BCUT2D eigenvalue weighted by Crippen LogP contribution is 2.65. The van der Waals surface area contributed by atoms with Gasteiger partial charge in [-0.2, -0.15) is 0 Å². The van der Waals surface area contributed by atoms with Gasteiger partial charge in [0, 0.05) is 25.1 Å². The summed E-state index contributed by atoms with van der Waals surface area (Å²) < 4.78 is 79.9. The topological polar surface area (TPSA) is 237 Å². The van der Waals surface area contributed by atoms with E-state index in [1.807, 2.05) is 4.98 Å². The summed E-state index contributed by atoms with van der Waals surface area (Å²) in [4.78, 5) is 59.6. The molecular weight excluding hydrogens is 658 g/mol. The monoisotopic (exact) mass is 681 g/mol. The van der Waals surface area contributed by atoms with Crippen LogP contribution in [0.25, 0.3) is 11.2 Å². The third kappa shape index (κ3) is 5.05. The molecule has 238 valence electrons. The number of ether oxygens (including phenoxy) is 2. The Morgan fingerprint density at radius 2 is 1.91 bits per heavy atom. The summed E-state index contributed by atoms with van der Waals surface area (Å²) in [6.07, 6.45) is -10.7. The van der Waals surface area contributed by atoms with Gasteiger partial charge in [-0.05, 0) is 11.8 Å². The van der Waals surface area contributed by atoms with Crippen LogP contribution in [0, 0.1) is 0 Å². The van der Waals surface area contributed by atoms with E-state index < -0.39 is 87.2 Å². The number of aromatic nitrogens is 6. The Balaban J connectivity index is 1.23. The highest BCUT2D eigenvalue weighted by atomic mass is 32.5. The van der Waals surface area contributed by atoms with Crippen LogP contribution in [0.1, 0.15) is 25.3 Å². The standard InChI is InChI=1S/C21H23F2N7O11P2S/c22-11-8-2-4-36-42(33,34)41-15-12(23)18(30-7-27-13-16(24)25-6-26-17(13)30)38-21(15)5-9(21)39-43(35,44)40-14(11)19(37-8)29-3-1-10(31)28-20(29)32/h1,3,6-9,11-12,14-15,18-19H,2,4-5H2,(H,33,34)(H,35,44)(H2,24,25,26)(H,28,31,32)/t8-,9-,11-,12-,14-,15+,18-,19-,21?,43?/m1/s1. The Morgan fingerprint density at radius 1 is 1.11 bits per heavy atom. The smallest absolute Gasteiger partial charge is 0.382 e. The minimum atomic E-state index is -5.04. The van der Waals surface area contributed by atoms with Gasteiger partial charge < -0.3 is 29.5 Å². The van der Waals surface area contributed by atoms with Gasteiger partial charge in [-0.25, -0.2) is 33.1 Å². The van der Waals surface area contributed by atoms with Gasteiger partial charge in [0.2, 0.25) is 0 Å². The molecule has 0 aromatic carbocycles. The third-order valence-corrected chi connectivity index (χ3v) is 10.3. The minimum absolute atomic E-state index is 0.0149. The zero-order valence-corrected chi connectivity index (χ0v) is 24.6. The van der Waals surface area contributed by atoms with E-state index in [1.165, 1.54) is 10.9 Å². The fourth-order valence-electron chi connectivity index (χ4n) is 5.66. The number of halogens is 2. The molecule has 5 N–H and O–H groups in total. The van der Waals surface area contributed by atoms with Crippen molar-refractivity contribution in [1.82, 2.24) is 29.1 Å². The fourth-order valence-corrected chi connectivity index (χ4v) is 8.40. The average molecular weight is 681 g/mol. The number of nitrogens with one attached hydrogen (secondary N) is 1. The molecule has 18 nitrogen and oxygen atoms in total. The molecule has 0 amide bonds. The second-order valence-corrected chi connectivity index (χ2v) is 14.6. The van der Waals surface area contributed by atoms with Gasteiger partial charge in [0.1, 0.15) is 35.8 Å². The Labute approximate surface area is 248 Å². The number of hydrogen-bond donors (Lipinski definition) is 4. The van der Waals surface area contributed by atoms with Crippen molar-refractivity contribution in [1.29, 1.82) is 0 Å². The number of hydrogen-bond acceptors (Lipinski definition) is 14. The van der Waals surface area contributed by atoms with Crippen molar-refractivity contribution < 1.29 is 50.7 Å². The van der Waals surface area contributed by atoms with Gasteiger partial charge in [0.15, 0.2) is 36.3 Å². The summed E-state index contributed by atoms with van der Waals surface area (Å²) in [5.74, 6) is 0.0149. The van der Waals surface area contributed by atoms with E-state index in [9.17, 15) is 23.9 Å². The van der Waals surface area contributed by atoms with Crippen LogP contribution in [0.15, 0.2) is 34.5 Å². The summed E-state index contributed by atoms with van der Waals surface area (Å²) in [5.41, 5.74) is 2.58. The van der Waals surface area contributed by atoms with Crippen LogP contribution in [0.2, 0.25) is 0 Å². The fraction of sp³-hybridized carbons (Fsp3) is 0.571. The van der Waals surface area contributed by atoms with E-state index in [2.05, 4.69) is 15.0 Å². The second kappa shape index (κ2) is 10.5. The average Bonchev–Trinajstić information content (AvgIpc) is 3.17. The molecule has 7 rings (SSSR count). The predicted molar refractivity (Wildman–Crippen MR) is 144 cm³/mol. The summed E-state index contributed by atoms with van der Waals surface area (Å²) in [7, 11) is -5.04. The molecule has 4 aliphatic rings. The first-order chi connectivity index (χ1) is 20.8. The number of anilines is 1. The van der Waals surface area contributed by atoms with Crippen LogP contribution in [0.5, 0.6) is 0 Å². The quantitative estimate of drug-likeness (QED) is 0.262. The van der Waals surface area contributed by atoms with Crippen LogP contribution in [-0.4, -0.2) is 87.8 Å². The Kier molecular flexibility index (Phi) is 7.18. The molecule has 3 unspecified atom stereocenters. The number of imidazole rings is 1. The maximum atomic E-state index is 16.1. The Morgan fingerprint density at radius 3 is 2.68 bits per heavy atom. The normalized spacial score (nSPS) is 42.5. The molecule has 1 spiro atoms. The number of rotatable bonds is 2. The highest BCUT2D eigenvalue weighted by Gasteiger charge is 2.74. The molecule has 0 radical (unpaired) electrons. The maximum Gasteiger partial charge on any atom is 0.472 e. The van der Waals surface area contributed by atoms with Crippen molar-refractivity contribution in [3.8, 4) is 0 Å². The summed E-state index contributed by atoms with van der Waals surface area (Å²) >= 11 is 5.17. The zero-order valence-electron chi connectivity index (χ0n) is 22.0. The van der Waals surface area contributed by atoms with Gasteiger partial charge in [0.05, 0.1) is 19.0 Å². The highest BCUT2D eigenvalue weighted by molar-refractivity contribution is 8.07. The SMILES string of the molecule is Nc1ncnc2c1ncn2[C@@H]1OC23C[C@H]2OP(O)(=S)O[C@@H]2[C@H](F)[C@@H](CCOP(=O)(O)O[C@H]3[C@H]1F)O[C@H]2n1ccc(=O)[nH]c1=O. The lowest BCUT2D eigenvalue weighted by Crippen LogP contribution is -2.38. The Bertz CT molecular complexity index is 1850. The van der Waals surface area contributed by atoms with E-state index >= 15 is 8.78 Å². The van der Waals surface area contributed by atoms with Crippen LogP contribution in [0.3, 0.4) is 0 Å². The first-order valence-electron chi connectivity index (χ1n) is 13.0. The summed E-state index contributed by atoms with van der Waals surface area (Å²) in [5, 5.41) is 0. The van der Waals surface area contributed by atoms with Crippen molar-refractivity contribution in [3.05, 3.63) is 45.8 Å². The summed E-state index contributed by atoms with van der Waals surface area (Å²) in [6, 6.07) is 0.984. The van der Waals surface area contributed by atoms with E-state index in [0.29, 0.717) is 0 Å². The molecule has 6 heterocycles. The maximum absolute atomic E-state index is 16.1. The molecule has 3 aromatic heterocycles. The molecule has 1 saturated carbocycles. The molecule has 23 heteroatoms. The first kappa shape index (κ1) is 30.1. The van der Waals surface area contributed by atoms with Crippen LogP contribution in [-0.2, 0) is 43.9 Å². The van der Waals surface area contributed by atoms with Crippen LogP contribution >= 0.6 is 14.5 Å². The molecule has 3 saturated heterocycles. The van der Waals surface area contributed by atoms with Gasteiger partial charge in [-0.15, -0.1) is 0 Å². The van der Waals surface area contributed by atoms with E-state index in [0.717, 1.165) is 23.2 Å². The first-order valence-corrected chi connectivity index (χ1v) is 17.1. The number of H-pyrrole nitrogens is 1. The van der Waals surface area contributed by atoms with Gasteiger partial charge in [-0.3, -0.25) is 32.5 Å². The molecular formula is C21H23F2N7O11P2S. The number of nitrogens with zero attached hydrogens (tertiary/aromatic N) is 5. The molecule has 44 heavy (non-hydrogen) atoms. The number of aromatic amines is 1.